The zero-order chi connectivity index (χ0) is 11.5. The van der Waals surface area contributed by atoms with E-state index in [-0.39, 0.29) is 18.7 Å². The molecule has 1 fully saturated rings. The molecule has 2 atom stereocenters. The fraction of sp³-hybridized carbons (Fsp3) is 1.00. The highest BCUT2D eigenvalue weighted by atomic mass is 16.3. The van der Waals surface area contributed by atoms with E-state index >= 15 is 0 Å². The molecule has 0 amide bonds. The zero-order valence-corrected chi connectivity index (χ0v) is 10.4. The molecule has 3 nitrogen and oxygen atoms in total. The van der Waals surface area contributed by atoms with Crippen molar-refractivity contribution in [1.82, 2.24) is 4.90 Å². The van der Waals surface area contributed by atoms with Crippen LogP contribution in [0.1, 0.15) is 40.0 Å². The molecule has 0 aliphatic carbocycles. The van der Waals surface area contributed by atoms with Gasteiger partial charge in [-0.1, -0.05) is 27.2 Å². The number of hydrogen-bond acceptors (Lipinski definition) is 3. The fourth-order valence-corrected chi connectivity index (χ4v) is 2.48. The van der Waals surface area contributed by atoms with E-state index in [2.05, 4.69) is 25.7 Å². The molecule has 1 saturated heterocycles. The van der Waals surface area contributed by atoms with Gasteiger partial charge >= 0.3 is 0 Å². The molecule has 0 spiro atoms. The minimum absolute atomic E-state index is 0.119. The van der Waals surface area contributed by atoms with Crippen molar-refractivity contribution in [3.63, 3.8) is 0 Å². The molecule has 1 aliphatic heterocycles. The molecule has 3 heteroatoms. The van der Waals surface area contributed by atoms with Crippen LogP contribution in [0.4, 0.5) is 0 Å². The van der Waals surface area contributed by atoms with Gasteiger partial charge in [0.15, 0.2) is 0 Å². The van der Waals surface area contributed by atoms with E-state index < -0.39 is 0 Å². The van der Waals surface area contributed by atoms with Crippen LogP contribution >= 0.6 is 0 Å². The molecule has 0 radical (unpaired) electrons. The van der Waals surface area contributed by atoms with E-state index in [9.17, 15) is 5.11 Å². The Bertz CT molecular complexity index is 194. The summed E-state index contributed by atoms with van der Waals surface area (Å²) in [4.78, 5) is 2.36. The van der Waals surface area contributed by atoms with Gasteiger partial charge in [-0.05, 0) is 24.8 Å². The van der Waals surface area contributed by atoms with E-state index in [1.807, 2.05) is 0 Å². The number of aliphatic hydroxyl groups is 1. The summed E-state index contributed by atoms with van der Waals surface area (Å²) < 4.78 is 0. The van der Waals surface area contributed by atoms with Crippen molar-refractivity contribution in [2.75, 3.05) is 19.7 Å². The predicted octanol–water partition coefficient (Wildman–Crippen LogP) is 1.21. The Kier molecular flexibility index (Phi) is 4.56. The van der Waals surface area contributed by atoms with E-state index in [0.717, 1.165) is 25.9 Å². The third-order valence-corrected chi connectivity index (χ3v) is 3.48. The van der Waals surface area contributed by atoms with Crippen LogP contribution in [-0.2, 0) is 0 Å². The molecule has 0 bridgehead atoms. The maximum Gasteiger partial charge on any atom is 0.0601 e. The second-order valence-electron chi connectivity index (χ2n) is 5.59. The quantitative estimate of drug-likeness (QED) is 0.723. The number of nitrogens with zero attached hydrogens (tertiary/aromatic N) is 1. The lowest BCUT2D eigenvalue weighted by Crippen LogP contribution is -2.49. The summed E-state index contributed by atoms with van der Waals surface area (Å²) in [6, 6.07) is 0.278. The molecule has 0 aromatic carbocycles. The lowest BCUT2D eigenvalue weighted by atomic mass is 9.93. The molecule has 1 heterocycles. The Labute approximate surface area is 93.6 Å². The van der Waals surface area contributed by atoms with Crippen molar-refractivity contribution in [2.45, 2.75) is 52.1 Å². The topological polar surface area (TPSA) is 49.5 Å². The maximum atomic E-state index is 9.43. The van der Waals surface area contributed by atoms with Gasteiger partial charge in [-0.25, -0.2) is 0 Å². The molecular weight excluding hydrogens is 188 g/mol. The minimum Gasteiger partial charge on any atom is -0.395 e. The fourth-order valence-electron chi connectivity index (χ4n) is 2.48. The van der Waals surface area contributed by atoms with Crippen molar-refractivity contribution in [1.29, 1.82) is 0 Å². The predicted molar refractivity (Wildman–Crippen MR) is 63.7 cm³/mol. The van der Waals surface area contributed by atoms with E-state index in [0.29, 0.717) is 5.41 Å². The van der Waals surface area contributed by atoms with Gasteiger partial charge in [0, 0.05) is 18.6 Å². The van der Waals surface area contributed by atoms with Crippen LogP contribution in [0.2, 0.25) is 0 Å². The van der Waals surface area contributed by atoms with Gasteiger partial charge in [-0.3, -0.25) is 4.90 Å². The van der Waals surface area contributed by atoms with Crippen LogP contribution in [0.25, 0.3) is 0 Å². The molecule has 0 aromatic rings. The Morgan fingerprint density at radius 3 is 2.53 bits per heavy atom. The van der Waals surface area contributed by atoms with E-state index in [1.54, 1.807) is 0 Å². The average molecular weight is 214 g/mol. The second kappa shape index (κ2) is 5.28. The summed E-state index contributed by atoms with van der Waals surface area (Å²) in [6.45, 7) is 9.05. The molecule has 1 rings (SSSR count). The Morgan fingerprint density at radius 2 is 2.13 bits per heavy atom. The molecular formula is C12H26N2O. The van der Waals surface area contributed by atoms with Crippen molar-refractivity contribution >= 4 is 0 Å². The first-order chi connectivity index (χ1) is 7.00. The maximum absolute atomic E-state index is 9.43. The standard InChI is InChI=1S/C12H26N2O/c1-4-5-10(13)11(8-15)14-7-6-12(2,3)9-14/h10-11,15H,4-9,13H2,1-3H3. The van der Waals surface area contributed by atoms with Crippen LogP contribution in [0.5, 0.6) is 0 Å². The molecule has 3 N–H and O–H groups in total. The smallest absolute Gasteiger partial charge is 0.0601 e. The van der Waals surface area contributed by atoms with Crippen LogP contribution in [-0.4, -0.2) is 41.8 Å². The van der Waals surface area contributed by atoms with Gasteiger partial charge < -0.3 is 10.8 Å². The molecule has 2 unspecified atom stereocenters. The van der Waals surface area contributed by atoms with E-state index in [1.165, 1.54) is 6.42 Å². The Hall–Kier alpha value is -0.120. The molecule has 15 heavy (non-hydrogen) atoms. The minimum atomic E-state index is 0.119. The van der Waals surface area contributed by atoms with Crippen molar-refractivity contribution in [2.24, 2.45) is 11.1 Å². The van der Waals surface area contributed by atoms with Gasteiger partial charge in [-0.15, -0.1) is 0 Å². The summed E-state index contributed by atoms with van der Waals surface area (Å²) in [5, 5.41) is 9.43. The highest BCUT2D eigenvalue weighted by molar-refractivity contribution is 4.90. The van der Waals surface area contributed by atoms with Crippen LogP contribution in [0.3, 0.4) is 0 Å². The first kappa shape index (κ1) is 12.9. The van der Waals surface area contributed by atoms with Gasteiger partial charge in [-0.2, -0.15) is 0 Å². The highest BCUT2D eigenvalue weighted by Gasteiger charge is 2.34. The number of likely N-dealkylation sites (tertiary alicyclic amines) is 1. The van der Waals surface area contributed by atoms with E-state index in [4.69, 9.17) is 5.73 Å². The van der Waals surface area contributed by atoms with Crippen molar-refractivity contribution < 1.29 is 5.11 Å². The molecule has 0 saturated carbocycles. The molecule has 1 aliphatic rings. The van der Waals surface area contributed by atoms with Crippen LogP contribution in [0.15, 0.2) is 0 Å². The van der Waals surface area contributed by atoms with Gasteiger partial charge in [0.25, 0.3) is 0 Å². The lowest BCUT2D eigenvalue weighted by Gasteiger charge is -2.32. The largest absolute Gasteiger partial charge is 0.395 e. The summed E-state index contributed by atoms with van der Waals surface area (Å²) in [5.41, 5.74) is 6.49. The third kappa shape index (κ3) is 3.44. The van der Waals surface area contributed by atoms with Crippen LogP contribution < -0.4 is 5.73 Å². The molecule has 0 aromatic heterocycles. The highest BCUT2D eigenvalue weighted by Crippen LogP contribution is 2.30. The first-order valence-electron chi connectivity index (χ1n) is 6.10. The summed E-state index contributed by atoms with van der Waals surface area (Å²) in [5.74, 6) is 0. The summed E-state index contributed by atoms with van der Waals surface area (Å²) in [6.07, 6.45) is 3.30. The second-order valence-corrected chi connectivity index (χ2v) is 5.59. The Morgan fingerprint density at radius 1 is 1.47 bits per heavy atom. The number of rotatable bonds is 5. The monoisotopic (exact) mass is 214 g/mol. The van der Waals surface area contributed by atoms with Crippen LogP contribution in [0, 0.1) is 5.41 Å². The normalized spacial score (nSPS) is 25.4. The summed E-state index contributed by atoms with van der Waals surface area (Å²) >= 11 is 0. The van der Waals surface area contributed by atoms with Gasteiger partial charge in [0.1, 0.15) is 0 Å². The van der Waals surface area contributed by atoms with Crippen molar-refractivity contribution in [3.8, 4) is 0 Å². The van der Waals surface area contributed by atoms with Gasteiger partial charge in [0.05, 0.1) is 6.61 Å². The Balaban J connectivity index is 2.52. The number of nitrogens with two attached hydrogens (primary N) is 1. The zero-order valence-electron chi connectivity index (χ0n) is 10.4. The van der Waals surface area contributed by atoms with Gasteiger partial charge in [0.2, 0.25) is 0 Å². The molecule has 90 valence electrons. The SMILES string of the molecule is CCCC(N)C(CO)N1CCC(C)(C)C1. The third-order valence-electron chi connectivity index (χ3n) is 3.48. The average Bonchev–Trinajstić information content (AvgIpc) is 2.48. The number of hydrogen-bond donors (Lipinski definition) is 2. The number of aliphatic hydroxyl groups excluding tert-OH is 1. The summed E-state index contributed by atoms with van der Waals surface area (Å²) in [7, 11) is 0. The first-order valence-corrected chi connectivity index (χ1v) is 6.10. The van der Waals surface area contributed by atoms with Crippen molar-refractivity contribution in [3.05, 3.63) is 0 Å². The lowest BCUT2D eigenvalue weighted by molar-refractivity contribution is 0.113.